The molecule has 24 heavy (non-hydrogen) atoms. The van der Waals surface area contributed by atoms with Gasteiger partial charge in [-0.2, -0.15) is 0 Å². The fourth-order valence-corrected chi connectivity index (χ4v) is 3.06. The first-order chi connectivity index (χ1) is 11.6. The highest BCUT2D eigenvalue weighted by atomic mass is 16.5. The Morgan fingerprint density at radius 3 is 2.71 bits per heavy atom. The van der Waals surface area contributed by atoms with Crippen LogP contribution in [0.25, 0.3) is 0 Å². The van der Waals surface area contributed by atoms with Crippen LogP contribution in [-0.4, -0.2) is 64.3 Å². The summed E-state index contributed by atoms with van der Waals surface area (Å²) < 4.78 is 7.63. The number of benzene rings is 1. The van der Waals surface area contributed by atoms with Crippen molar-refractivity contribution >= 4 is 5.91 Å². The van der Waals surface area contributed by atoms with Crippen LogP contribution in [0.2, 0.25) is 0 Å². The average molecular weight is 329 g/mol. The molecule has 1 aliphatic heterocycles. The highest BCUT2D eigenvalue weighted by Gasteiger charge is 2.33. The molecule has 128 valence electrons. The number of ether oxygens (including phenoxy) is 1. The molecule has 0 bridgehead atoms. The molecule has 2 heterocycles. The number of aryl methyl sites for hydroxylation is 1. The third-order valence-electron chi connectivity index (χ3n) is 4.28. The first-order valence-electron chi connectivity index (χ1n) is 8.03. The molecule has 1 aliphatic rings. The van der Waals surface area contributed by atoms with E-state index in [9.17, 15) is 4.79 Å². The SMILES string of the molecule is CN(C)[C@@H](C(=O)N1CCO[C@@H](c2nncn2C)C1)c1ccccc1. The monoisotopic (exact) mass is 329 g/mol. The van der Waals surface area contributed by atoms with Gasteiger partial charge in [0.05, 0.1) is 13.2 Å². The zero-order chi connectivity index (χ0) is 17.1. The lowest BCUT2D eigenvalue weighted by molar-refractivity contribution is -0.144. The molecule has 1 aromatic heterocycles. The van der Waals surface area contributed by atoms with E-state index in [4.69, 9.17) is 4.74 Å². The molecule has 1 saturated heterocycles. The first kappa shape index (κ1) is 16.6. The molecule has 0 aliphatic carbocycles. The van der Waals surface area contributed by atoms with Crippen LogP contribution in [0.4, 0.5) is 0 Å². The summed E-state index contributed by atoms with van der Waals surface area (Å²) in [4.78, 5) is 16.9. The van der Waals surface area contributed by atoms with E-state index in [0.717, 1.165) is 11.4 Å². The lowest BCUT2D eigenvalue weighted by atomic mass is 10.0. The first-order valence-corrected chi connectivity index (χ1v) is 8.03. The van der Waals surface area contributed by atoms with E-state index in [1.165, 1.54) is 0 Å². The summed E-state index contributed by atoms with van der Waals surface area (Å²) in [6.07, 6.45) is 1.40. The van der Waals surface area contributed by atoms with Crippen molar-refractivity contribution in [2.75, 3.05) is 33.8 Å². The number of aromatic nitrogens is 3. The summed E-state index contributed by atoms with van der Waals surface area (Å²) >= 11 is 0. The van der Waals surface area contributed by atoms with Crippen molar-refractivity contribution in [3.05, 3.63) is 48.0 Å². The lowest BCUT2D eigenvalue weighted by Gasteiger charge is -2.36. The predicted molar refractivity (Wildman–Crippen MR) is 89.1 cm³/mol. The number of likely N-dealkylation sites (N-methyl/N-ethyl adjacent to an activating group) is 1. The van der Waals surface area contributed by atoms with Gasteiger partial charge in [-0.25, -0.2) is 0 Å². The minimum Gasteiger partial charge on any atom is -0.366 e. The van der Waals surface area contributed by atoms with Crippen molar-refractivity contribution in [2.24, 2.45) is 7.05 Å². The number of hydrogen-bond acceptors (Lipinski definition) is 5. The summed E-state index contributed by atoms with van der Waals surface area (Å²) in [6, 6.07) is 9.55. The summed E-state index contributed by atoms with van der Waals surface area (Å²) in [6.45, 7) is 1.57. The van der Waals surface area contributed by atoms with Crippen molar-refractivity contribution in [3.63, 3.8) is 0 Å². The van der Waals surface area contributed by atoms with E-state index in [1.807, 2.05) is 65.8 Å². The smallest absolute Gasteiger partial charge is 0.244 e. The van der Waals surface area contributed by atoms with Crippen LogP contribution in [0.1, 0.15) is 23.5 Å². The molecular weight excluding hydrogens is 306 g/mol. The van der Waals surface area contributed by atoms with E-state index >= 15 is 0 Å². The Kier molecular flexibility index (Phi) is 4.92. The van der Waals surface area contributed by atoms with E-state index in [2.05, 4.69) is 10.2 Å². The largest absolute Gasteiger partial charge is 0.366 e. The molecule has 0 saturated carbocycles. The van der Waals surface area contributed by atoms with Crippen molar-refractivity contribution in [2.45, 2.75) is 12.1 Å². The van der Waals surface area contributed by atoms with Gasteiger partial charge in [-0.3, -0.25) is 9.69 Å². The molecular formula is C17H23N5O2. The zero-order valence-corrected chi connectivity index (χ0v) is 14.3. The quantitative estimate of drug-likeness (QED) is 0.838. The normalized spacial score (nSPS) is 19.5. The van der Waals surface area contributed by atoms with Gasteiger partial charge in [0, 0.05) is 13.6 Å². The van der Waals surface area contributed by atoms with E-state index in [-0.39, 0.29) is 18.1 Å². The third-order valence-corrected chi connectivity index (χ3v) is 4.28. The second-order valence-corrected chi connectivity index (χ2v) is 6.22. The van der Waals surface area contributed by atoms with E-state index < -0.39 is 0 Å². The van der Waals surface area contributed by atoms with Crippen LogP contribution in [-0.2, 0) is 16.6 Å². The van der Waals surface area contributed by atoms with Gasteiger partial charge >= 0.3 is 0 Å². The Bertz CT molecular complexity index is 685. The topological polar surface area (TPSA) is 63.5 Å². The van der Waals surface area contributed by atoms with Crippen LogP contribution in [0.3, 0.4) is 0 Å². The van der Waals surface area contributed by atoms with Crippen LogP contribution in [0.5, 0.6) is 0 Å². The molecule has 2 atom stereocenters. The maximum atomic E-state index is 13.1. The lowest BCUT2D eigenvalue weighted by Crippen LogP contribution is -2.47. The highest BCUT2D eigenvalue weighted by Crippen LogP contribution is 2.25. The van der Waals surface area contributed by atoms with Gasteiger partial charge in [-0.05, 0) is 19.7 Å². The Balaban J connectivity index is 1.79. The van der Waals surface area contributed by atoms with Gasteiger partial charge < -0.3 is 14.2 Å². The fourth-order valence-electron chi connectivity index (χ4n) is 3.06. The molecule has 1 amide bonds. The van der Waals surface area contributed by atoms with Crippen molar-refractivity contribution in [3.8, 4) is 0 Å². The number of amides is 1. The Morgan fingerprint density at radius 1 is 1.33 bits per heavy atom. The summed E-state index contributed by atoms with van der Waals surface area (Å²) in [5.74, 6) is 0.829. The number of rotatable bonds is 4. The van der Waals surface area contributed by atoms with Crippen LogP contribution in [0, 0.1) is 0 Å². The molecule has 7 nitrogen and oxygen atoms in total. The summed E-state index contributed by atoms with van der Waals surface area (Å²) in [5.41, 5.74) is 0.995. The standard InChI is InChI=1S/C17H23N5O2/c1-20(2)15(13-7-5-4-6-8-13)17(23)22-9-10-24-14(11-22)16-19-18-12-21(16)3/h4-8,12,14-15H,9-11H2,1-3H3/t14-,15-/m1/s1. The number of hydrogen-bond donors (Lipinski definition) is 0. The molecule has 1 fully saturated rings. The number of morpholine rings is 1. The molecule has 0 N–H and O–H groups in total. The number of carbonyl (C=O) groups is 1. The molecule has 0 unspecified atom stereocenters. The Hall–Kier alpha value is -2.25. The summed E-state index contributed by atoms with van der Waals surface area (Å²) in [7, 11) is 5.73. The number of carbonyl (C=O) groups excluding carboxylic acids is 1. The zero-order valence-electron chi connectivity index (χ0n) is 14.3. The minimum absolute atomic E-state index is 0.0849. The van der Waals surface area contributed by atoms with Crippen molar-refractivity contribution in [1.29, 1.82) is 0 Å². The van der Waals surface area contributed by atoms with Crippen LogP contribution >= 0.6 is 0 Å². The van der Waals surface area contributed by atoms with Crippen molar-refractivity contribution < 1.29 is 9.53 Å². The fraction of sp³-hybridized carbons (Fsp3) is 0.471. The second-order valence-electron chi connectivity index (χ2n) is 6.22. The van der Waals surface area contributed by atoms with Gasteiger partial charge in [0.25, 0.3) is 0 Å². The second kappa shape index (κ2) is 7.11. The highest BCUT2D eigenvalue weighted by molar-refractivity contribution is 5.83. The molecule has 7 heteroatoms. The predicted octanol–water partition coefficient (Wildman–Crippen LogP) is 1.02. The summed E-state index contributed by atoms with van der Waals surface area (Å²) in [5, 5.41) is 8.01. The maximum Gasteiger partial charge on any atom is 0.244 e. The Morgan fingerprint density at radius 2 is 2.08 bits per heavy atom. The Labute approximate surface area is 141 Å². The average Bonchev–Trinajstić information content (AvgIpc) is 3.02. The maximum absolute atomic E-state index is 13.1. The molecule has 0 radical (unpaired) electrons. The molecule has 3 rings (SSSR count). The molecule has 1 aromatic carbocycles. The van der Waals surface area contributed by atoms with E-state index in [0.29, 0.717) is 19.7 Å². The third kappa shape index (κ3) is 3.32. The van der Waals surface area contributed by atoms with Gasteiger partial charge in [-0.15, -0.1) is 10.2 Å². The van der Waals surface area contributed by atoms with Crippen molar-refractivity contribution in [1.82, 2.24) is 24.6 Å². The number of nitrogens with zero attached hydrogens (tertiary/aromatic N) is 5. The van der Waals surface area contributed by atoms with Crippen LogP contribution in [0.15, 0.2) is 36.7 Å². The molecule has 0 spiro atoms. The van der Waals surface area contributed by atoms with E-state index in [1.54, 1.807) is 6.33 Å². The van der Waals surface area contributed by atoms with Gasteiger partial charge in [0.15, 0.2) is 5.82 Å². The molecule has 2 aromatic rings. The van der Waals surface area contributed by atoms with Gasteiger partial charge in [-0.1, -0.05) is 30.3 Å². The van der Waals surface area contributed by atoms with Gasteiger partial charge in [0.1, 0.15) is 18.5 Å². The minimum atomic E-state index is -0.301. The van der Waals surface area contributed by atoms with Crippen LogP contribution < -0.4 is 0 Å². The van der Waals surface area contributed by atoms with Gasteiger partial charge in [0.2, 0.25) is 5.91 Å².